The van der Waals surface area contributed by atoms with E-state index in [1.54, 1.807) is 28.8 Å². The molecular formula is C16H19ClN2O2S. The minimum Gasteiger partial charge on any atom is -0.350 e. The van der Waals surface area contributed by atoms with E-state index in [-0.39, 0.29) is 17.9 Å². The molecule has 1 aromatic carbocycles. The molecule has 2 fully saturated rings. The minimum absolute atomic E-state index is 0.0244. The molecule has 0 radical (unpaired) electrons. The second-order valence-electron chi connectivity index (χ2n) is 5.91. The van der Waals surface area contributed by atoms with Gasteiger partial charge in [-0.15, -0.1) is 0 Å². The molecule has 0 aromatic heterocycles. The highest BCUT2D eigenvalue weighted by Gasteiger charge is 2.31. The van der Waals surface area contributed by atoms with Crippen LogP contribution in [0.1, 0.15) is 19.3 Å². The maximum absolute atomic E-state index is 12.1. The lowest BCUT2D eigenvalue weighted by molar-refractivity contribution is -0.119. The minimum atomic E-state index is -0.111. The summed E-state index contributed by atoms with van der Waals surface area (Å²) in [7, 11) is 0. The first-order valence-electron chi connectivity index (χ1n) is 7.55. The normalized spacial score (nSPS) is 21.2. The van der Waals surface area contributed by atoms with Gasteiger partial charge in [0.2, 0.25) is 11.8 Å². The largest absolute Gasteiger partial charge is 0.350 e. The van der Waals surface area contributed by atoms with Crippen molar-refractivity contribution in [1.82, 2.24) is 5.32 Å². The number of anilines is 1. The van der Waals surface area contributed by atoms with Crippen molar-refractivity contribution in [1.29, 1.82) is 0 Å². The van der Waals surface area contributed by atoms with Crippen molar-refractivity contribution in [2.45, 2.75) is 25.3 Å². The molecule has 1 aromatic rings. The number of carbonyl (C=O) groups excluding carboxylic acids is 2. The Hall–Kier alpha value is -1.20. The van der Waals surface area contributed by atoms with E-state index in [9.17, 15) is 9.59 Å². The molecule has 6 heteroatoms. The molecular weight excluding hydrogens is 320 g/mol. The van der Waals surface area contributed by atoms with Gasteiger partial charge in [-0.05, 0) is 42.7 Å². The van der Waals surface area contributed by atoms with E-state index in [0.29, 0.717) is 23.7 Å². The van der Waals surface area contributed by atoms with Gasteiger partial charge < -0.3 is 10.2 Å². The van der Waals surface area contributed by atoms with E-state index < -0.39 is 0 Å². The zero-order valence-corrected chi connectivity index (χ0v) is 13.8. The molecule has 0 unspecified atom stereocenters. The lowest BCUT2D eigenvalue weighted by Gasteiger charge is -2.17. The molecule has 0 spiro atoms. The Morgan fingerprint density at radius 2 is 2.23 bits per heavy atom. The number of nitrogens with zero attached hydrogens (tertiary/aromatic N) is 1. The third-order valence-corrected chi connectivity index (χ3v) is 5.30. The van der Waals surface area contributed by atoms with Gasteiger partial charge in [0, 0.05) is 23.7 Å². The lowest BCUT2D eigenvalue weighted by atomic mass is 10.2. The van der Waals surface area contributed by atoms with Crippen molar-refractivity contribution in [2.75, 3.05) is 23.0 Å². The molecule has 1 aliphatic carbocycles. The molecule has 1 saturated carbocycles. The summed E-state index contributed by atoms with van der Waals surface area (Å²) in [6.07, 6.45) is 2.96. The topological polar surface area (TPSA) is 49.4 Å². The van der Waals surface area contributed by atoms with E-state index >= 15 is 0 Å². The van der Waals surface area contributed by atoms with Crippen LogP contribution < -0.4 is 10.2 Å². The summed E-state index contributed by atoms with van der Waals surface area (Å²) in [6.45, 7) is 0.512. The molecule has 1 N–H and O–H groups in total. The monoisotopic (exact) mass is 338 g/mol. The summed E-state index contributed by atoms with van der Waals surface area (Å²) in [5, 5.41) is 3.57. The van der Waals surface area contributed by atoms with Gasteiger partial charge in [-0.3, -0.25) is 9.59 Å². The highest BCUT2D eigenvalue weighted by molar-refractivity contribution is 7.99. The molecule has 1 aliphatic heterocycles. The van der Waals surface area contributed by atoms with Crippen LogP contribution in [0.25, 0.3) is 0 Å². The Morgan fingerprint density at radius 1 is 1.41 bits per heavy atom. The molecule has 1 saturated heterocycles. The Morgan fingerprint density at radius 3 is 2.95 bits per heavy atom. The number of halogens is 1. The Labute approximate surface area is 139 Å². The molecule has 118 valence electrons. The fourth-order valence-corrected chi connectivity index (χ4v) is 3.81. The molecule has 0 bridgehead atoms. The molecule has 3 rings (SSSR count). The van der Waals surface area contributed by atoms with E-state index in [2.05, 4.69) is 5.32 Å². The SMILES string of the molecule is O=C(CSCC1CC1)N[C@@H]1CC(=O)N(c2cccc(Cl)c2)C1. The smallest absolute Gasteiger partial charge is 0.230 e. The fourth-order valence-electron chi connectivity index (χ4n) is 2.57. The number of carbonyl (C=O) groups is 2. The molecule has 2 aliphatic rings. The number of hydrogen-bond donors (Lipinski definition) is 1. The van der Waals surface area contributed by atoms with Crippen molar-refractivity contribution < 1.29 is 9.59 Å². The Kier molecular flexibility index (Phi) is 4.93. The van der Waals surface area contributed by atoms with Gasteiger partial charge in [0.1, 0.15) is 0 Å². The number of rotatable bonds is 6. The third-order valence-electron chi connectivity index (χ3n) is 3.89. The van der Waals surface area contributed by atoms with Crippen molar-refractivity contribution in [3.63, 3.8) is 0 Å². The van der Waals surface area contributed by atoms with E-state index in [0.717, 1.165) is 17.4 Å². The first-order chi connectivity index (χ1) is 10.6. The first-order valence-corrected chi connectivity index (χ1v) is 9.08. The number of benzene rings is 1. The first kappa shape index (κ1) is 15.7. The molecule has 22 heavy (non-hydrogen) atoms. The summed E-state index contributed by atoms with van der Waals surface area (Å²) in [5.74, 6) is 2.43. The predicted molar refractivity (Wildman–Crippen MR) is 90.4 cm³/mol. The number of thioether (sulfide) groups is 1. The predicted octanol–water partition coefficient (Wildman–Crippen LogP) is 2.70. The second kappa shape index (κ2) is 6.92. The van der Waals surface area contributed by atoms with E-state index in [1.165, 1.54) is 12.8 Å². The van der Waals surface area contributed by atoms with Crippen LogP contribution >= 0.6 is 23.4 Å². The van der Waals surface area contributed by atoms with Crippen molar-refractivity contribution >= 4 is 40.9 Å². The van der Waals surface area contributed by atoms with Crippen molar-refractivity contribution in [3.05, 3.63) is 29.3 Å². The third kappa shape index (κ3) is 4.17. The summed E-state index contributed by atoms with van der Waals surface area (Å²) in [6, 6.07) is 7.13. The summed E-state index contributed by atoms with van der Waals surface area (Å²) in [5.41, 5.74) is 0.789. The average molecular weight is 339 g/mol. The molecule has 2 amide bonds. The Bertz CT molecular complexity index is 577. The van der Waals surface area contributed by atoms with Gasteiger partial charge in [-0.2, -0.15) is 11.8 Å². The number of nitrogens with one attached hydrogen (secondary N) is 1. The second-order valence-corrected chi connectivity index (χ2v) is 7.38. The summed E-state index contributed by atoms with van der Waals surface area (Å²) >= 11 is 7.66. The average Bonchev–Trinajstić information content (AvgIpc) is 3.22. The van der Waals surface area contributed by atoms with Crippen LogP contribution in [-0.2, 0) is 9.59 Å². The van der Waals surface area contributed by atoms with E-state index in [1.807, 2.05) is 12.1 Å². The quantitative estimate of drug-likeness (QED) is 0.867. The highest BCUT2D eigenvalue weighted by atomic mass is 35.5. The summed E-state index contributed by atoms with van der Waals surface area (Å²) < 4.78 is 0. The summed E-state index contributed by atoms with van der Waals surface area (Å²) in [4.78, 5) is 25.7. The van der Waals surface area contributed by atoms with E-state index in [4.69, 9.17) is 11.6 Å². The fraction of sp³-hybridized carbons (Fsp3) is 0.500. The zero-order valence-electron chi connectivity index (χ0n) is 12.3. The standard InChI is InChI=1S/C16H19ClN2O2S/c17-12-2-1-3-14(6-12)19-8-13(7-16(19)21)18-15(20)10-22-9-11-4-5-11/h1-3,6,11,13H,4-5,7-10H2,(H,18,20)/t13-/m1/s1. The van der Waals surface area contributed by atoms with Gasteiger partial charge in [0.05, 0.1) is 11.8 Å². The van der Waals surface area contributed by atoms with Crippen molar-refractivity contribution in [2.24, 2.45) is 5.92 Å². The van der Waals surface area contributed by atoms with Gasteiger partial charge in [0.25, 0.3) is 0 Å². The molecule has 1 heterocycles. The lowest BCUT2D eigenvalue weighted by Crippen LogP contribution is -2.38. The highest BCUT2D eigenvalue weighted by Crippen LogP contribution is 2.32. The molecule has 1 atom stereocenters. The van der Waals surface area contributed by atoms with Crippen molar-refractivity contribution in [3.8, 4) is 0 Å². The number of amides is 2. The van der Waals surface area contributed by atoms with Crippen LogP contribution in [-0.4, -0.2) is 35.9 Å². The van der Waals surface area contributed by atoms with Crippen LogP contribution in [0.4, 0.5) is 5.69 Å². The molecule has 4 nitrogen and oxygen atoms in total. The van der Waals surface area contributed by atoms with Crippen LogP contribution in [0.5, 0.6) is 0 Å². The number of hydrogen-bond acceptors (Lipinski definition) is 3. The van der Waals surface area contributed by atoms with Gasteiger partial charge in [0.15, 0.2) is 0 Å². The maximum Gasteiger partial charge on any atom is 0.230 e. The van der Waals surface area contributed by atoms with Crippen LogP contribution in [0.2, 0.25) is 5.02 Å². The van der Waals surface area contributed by atoms with Crippen LogP contribution in [0, 0.1) is 5.92 Å². The van der Waals surface area contributed by atoms with Gasteiger partial charge in [-0.1, -0.05) is 17.7 Å². The zero-order chi connectivity index (χ0) is 15.5. The van der Waals surface area contributed by atoms with Crippen LogP contribution in [0.15, 0.2) is 24.3 Å². The van der Waals surface area contributed by atoms with Gasteiger partial charge in [-0.25, -0.2) is 0 Å². The Balaban J connectivity index is 1.49. The van der Waals surface area contributed by atoms with Gasteiger partial charge >= 0.3 is 0 Å². The maximum atomic E-state index is 12.1. The van der Waals surface area contributed by atoms with Crippen LogP contribution in [0.3, 0.4) is 0 Å².